The number of aliphatic hydroxyl groups excluding tert-OH is 1. The van der Waals surface area contributed by atoms with Gasteiger partial charge in [-0.1, -0.05) is 17.7 Å². The number of nitrogens with zero attached hydrogens (tertiary/aromatic N) is 4. The summed E-state index contributed by atoms with van der Waals surface area (Å²) < 4.78 is 29.6. The molecular weight excluding hydrogens is 534 g/mol. The third-order valence-corrected chi connectivity index (χ3v) is 9.01. The highest BCUT2D eigenvalue weighted by atomic mass is 35.5. The third-order valence-electron chi connectivity index (χ3n) is 6.60. The van der Waals surface area contributed by atoms with Gasteiger partial charge in [0, 0.05) is 52.4 Å². The SMILES string of the molecule is C[C@H](C(=O)N1CCN(c2ccc(S(=O)(=O)Nc3nccs3)cc2)C[C@H]1CO)n1ccc2ccc(Cl)cc21.[HH].[HH].[HH]. The number of piperazine rings is 1. The maximum atomic E-state index is 13.5. The molecule has 1 aliphatic rings. The van der Waals surface area contributed by atoms with Crippen LogP contribution in [0, 0.1) is 0 Å². The van der Waals surface area contributed by atoms with Crippen LogP contribution in [0.3, 0.4) is 0 Å². The van der Waals surface area contributed by atoms with Crippen LogP contribution < -0.4 is 9.62 Å². The van der Waals surface area contributed by atoms with E-state index < -0.39 is 22.1 Å². The van der Waals surface area contributed by atoms with Crippen LogP contribution in [0.1, 0.15) is 17.2 Å². The zero-order valence-corrected chi connectivity index (χ0v) is 22.4. The number of thiazole rings is 1. The van der Waals surface area contributed by atoms with Crippen LogP contribution in [-0.4, -0.2) is 66.2 Å². The first-order chi connectivity index (χ1) is 17.8. The van der Waals surface area contributed by atoms with E-state index in [-0.39, 0.29) is 21.7 Å². The highest BCUT2D eigenvalue weighted by molar-refractivity contribution is 7.93. The number of aromatic nitrogens is 2. The molecule has 2 aromatic carbocycles. The lowest BCUT2D eigenvalue weighted by molar-refractivity contribution is -0.138. The van der Waals surface area contributed by atoms with E-state index in [4.69, 9.17) is 11.6 Å². The van der Waals surface area contributed by atoms with E-state index in [1.807, 2.05) is 46.9 Å². The van der Waals surface area contributed by atoms with Gasteiger partial charge >= 0.3 is 0 Å². The molecule has 0 saturated carbocycles. The molecule has 9 nitrogen and oxygen atoms in total. The molecule has 1 fully saturated rings. The Bertz CT molecular complexity index is 1520. The van der Waals surface area contributed by atoms with Crippen LogP contribution in [0.5, 0.6) is 0 Å². The number of halogens is 1. The van der Waals surface area contributed by atoms with Crippen LogP contribution >= 0.6 is 22.9 Å². The lowest BCUT2D eigenvalue weighted by Gasteiger charge is -2.42. The number of carbonyl (C=O) groups excluding carboxylic acids is 1. The molecule has 200 valence electrons. The Balaban J connectivity index is 0.00000187. The maximum Gasteiger partial charge on any atom is 0.263 e. The number of benzene rings is 2. The van der Waals surface area contributed by atoms with Gasteiger partial charge in [-0.15, -0.1) is 11.3 Å². The third kappa shape index (κ3) is 5.17. The van der Waals surface area contributed by atoms with Crippen molar-refractivity contribution in [3.63, 3.8) is 0 Å². The molecule has 4 aromatic rings. The van der Waals surface area contributed by atoms with Crippen molar-refractivity contribution in [3.8, 4) is 0 Å². The van der Waals surface area contributed by atoms with Gasteiger partial charge in [0.15, 0.2) is 5.13 Å². The van der Waals surface area contributed by atoms with Crippen molar-refractivity contribution in [1.29, 1.82) is 0 Å². The Hall–Kier alpha value is -3.12. The van der Waals surface area contributed by atoms with Crippen molar-refractivity contribution in [2.45, 2.75) is 23.9 Å². The number of hydrogen-bond donors (Lipinski definition) is 2. The summed E-state index contributed by atoms with van der Waals surface area (Å²) in [6.07, 6.45) is 3.41. The average molecular weight is 566 g/mol. The first kappa shape index (κ1) is 25.5. The second kappa shape index (κ2) is 10.3. The highest BCUT2D eigenvalue weighted by Crippen LogP contribution is 2.27. The second-order valence-corrected chi connectivity index (χ2v) is 11.9. The zero-order chi connectivity index (χ0) is 26.2. The molecule has 5 rings (SSSR count). The predicted octanol–water partition coefficient (Wildman–Crippen LogP) is 4.56. The number of amides is 1. The number of hydrogen-bond acceptors (Lipinski definition) is 7. The standard InChI is InChI=1S/C25H26ClN5O4S2.3H2/c1-17(30-10-8-18-2-3-19(26)14-23(18)30)24(33)31-12-11-29(15-21(31)16-32)20-4-6-22(7-5-20)37(34,35)28-25-27-9-13-36-25;;;/h2-10,13-14,17,21,32H,11-12,15-16H2,1H3,(H,27,28);3*1H/t17-,21+;;;/m1.../s1. The molecule has 1 aliphatic heterocycles. The van der Waals surface area contributed by atoms with E-state index in [0.717, 1.165) is 16.6 Å². The fourth-order valence-electron chi connectivity index (χ4n) is 4.64. The van der Waals surface area contributed by atoms with E-state index in [9.17, 15) is 18.3 Å². The van der Waals surface area contributed by atoms with Crippen LogP contribution in [0.4, 0.5) is 10.8 Å². The Labute approximate surface area is 228 Å². The smallest absolute Gasteiger partial charge is 0.263 e. The van der Waals surface area contributed by atoms with Gasteiger partial charge in [0.05, 0.1) is 23.1 Å². The van der Waals surface area contributed by atoms with Crippen molar-refractivity contribution in [3.05, 3.63) is 71.3 Å². The van der Waals surface area contributed by atoms with Gasteiger partial charge in [-0.2, -0.15) is 0 Å². The van der Waals surface area contributed by atoms with Crippen LogP contribution in [0.15, 0.2) is 71.2 Å². The summed E-state index contributed by atoms with van der Waals surface area (Å²) >= 11 is 7.38. The minimum absolute atomic E-state index is 0. The van der Waals surface area contributed by atoms with Crippen molar-refractivity contribution < 1.29 is 22.6 Å². The van der Waals surface area contributed by atoms with Gasteiger partial charge in [-0.3, -0.25) is 9.52 Å². The molecule has 0 unspecified atom stereocenters. The molecule has 37 heavy (non-hydrogen) atoms. The summed E-state index contributed by atoms with van der Waals surface area (Å²) in [5.74, 6) is -0.0779. The van der Waals surface area contributed by atoms with E-state index in [2.05, 4.69) is 9.71 Å². The second-order valence-electron chi connectivity index (χ2n) is 8.85. The fourth-order valence-corrected chi connectivity index (χ4v) is 6.59. The Morgan fingerprint density at radius 1 is 1.24 bits per heavy atom. The first-order valence-electron chi connectivity index (χ1n) is 11.7. The lowest BCUT2D eigenvalue weighted by atomic mass is 10.1. The van der Waals surface area contributed by atoms with Gasteiger partial charge in [0.2, 0.25) is 5.91 Å². The largest absolute Gasteiger partial charge is 0.394 e. The molecule has 0 spiro atoms. The normalized spacial score (nSPS) is 17.2. The molecule has 3 heterocycles. The molecule has 2 atom stereocenters. The number of anilines is 2. The average Bonchev–Trinajstić information content (AvgIpc) is 3.57. The maximum absolute atomic E-state index is 13.5. The number of nitrogens with one attached hydrogen (secondary N) is 1. The summed E-state index contributed by atoms with van der Waals surface area (Å²) in [6, 6.07) is 13.2. The van der Waals surface area contributed by atoms with Crippen molar-refractivity contribution in [2.75, 3.05) is 35.9 Å². The first-order valence-corrected chi connectivity index (χ1v) is 14.5. The van der Waals surface area contributed by atoms with Gasteiger partial charge in [-0.05, 0) is 54.8 Å². The van der Waals surface area contributed by atoms with E-state index in [0.29, 0.717) is 29.8 Å². The zero-order valence-electron chi connectivity index (χ0n) is 20.0. The number of rotatable bonds is 7. The highest BCUT2D eigenvalue weighted by Gasteiger charge is 2.33. The summed E-state index contributed by atoms with van der Waals surface area (Å²) in [4.78, 5) is 21.4. The molecule has 12 heteroatoms. The van der Waals surface area contributed by atoms with Crippen molar-refractivity contribution >= 4 is 60.6 Å². The molecule has 0 radical (unpaired) electrons. The molecule has 1 amide bonds. The minimum atomic E-state index is -3.74. The quantitative estimate of drug-likeness (QED) is 0.340. The minimum Gasteiger partial charge on any atom is -0.394 e. The summed E-state index contributed by atoms with van der Waals surface area (Å²) in [6.45, 7) is 3.08. The molecule has 1 saturated heterocycles. The lowest BCUT2D eigenvalue weighted by Crippen LogP contribution is -2.57. The molecule has 2 aromatic heterocycles. The van der Waals surface area contributed by atoms with E-state index >= 15 is 0 Å². The van der Waals surface area contributed by atoms with Crippen molar-refractivity contribution in [1.82, 2.24) is 14.5 Å². The fraction of sp³-hybridized carbons (Fsp3) is 0.280. The van der Waals surface area contributed by atoms with Gasteiger partial charge in [0.25, 0.3) is 10.0 Å². The van der Waals surface area contributed by atoms with E-state index in [1.165, 1.54) is 17.5 Å². The van der Waals surface area contributed by atoms with Crippen molar-refractivity contribution in [2.24, 2.45) is 0 Å². The van der Waals surface area contributed by atoms with Crippen LogP contribution in [0.2, 0.25) is 5.02 Å². The van der Waals surface area contributed by atoms with Gasteiger partial charge in [-0.25, -0.2) is 13.4 Å². The molecular formula is C25H32ClN5O4S2. The number of aliphatic hydroxyl groups is 1. The molecule has 0 bridgehead atoms. The summed E-state index contributed by atoms with van der Waals surface area (Å²) in [5, 5.41) is 13.7. The monoisotopic (exact) mass is 565 g/mol. The van der Waals surface area contributed by atoms with Gasteiger partial charge in [0.1, 0.15) is 6.04 Å². The Morgan fingerprint density at radius 3 is 2.73 bits per heavy atom. The Morgan fingerprint density at radius 2 is 2.03 bits per heavy atom. The predicted molar refractivity (Wildman–Crippen MR) is 152 cm³/mol. The molecule has 2 N–H and O–H groups in total. The number of carbonyl (C=O) groups is 1. The van der Waals surface area contributed by atoms with Crippen LogP contribution in [0.25, 0.3) is 10.9 Å². The van der Waals surface area contributed by atoms with Gasteiger partial charge < -0.3 is 19.5 Å². The van der Waals surface area contributed by atoms with E-state index in [1.54, 1.807) is 34.5 Å². The Kier molecular flexibility index (Phi) is 7.13. The summed E-state index contributed by atoms with van der Waals surface area (Å²) in [7, 11) is -3.74. The topological polar surface area (TPSA) is 108 Å². The summed E-state index contributed by atoms with van der Waals surface area (Å²) in [5.41, 5.74) is 1.70. The van der Waals surface area contributed by atoms with Crippen LogP contribution in [-0.2, 0) is 14.8 Å². The molecule has 0 aliphatic carbocycles. The number of sulfonamides is 1. The number of fused-ring (bicyclic) bond motifs is 1.